The third kappa shape index (κ3) is 6.03. The molecule has 0 atom stereocenters. The van der Waals surface area contributed by atoms with E-state index >= 15 is 0 Å². The number of ether oxygens (including phenoxy) is 1. The fourth-order valence-corrected chi connectivity index (χ4v) is 2.11. The van der Waals surface area contributed by atoms with Gasteiger partial charge in [-0.15, -0.1) is 0 Å². The molecule has 0 spiro atoms. The lowest BCUT2D eigenvalue weighted by molar-refractivity contribution is -0.154. The molecule has 4 heteroatoms. The third-order valence-corrected chi connectivity index (χ3v) is 2.91. The summed E-state index contributed by atoms with van der Waals surface area (Å²) in [5.74, 6) is -0.191. The van der Waals surface area contributed by atoms with Gasteiger partial charge < -0.3 is 15.2 Å². The first-order valence-electron chi connectivity index (χ1n) is 6.46. The van der Waals surface area contributed by atoms with Gasteiger partial charge in [-0.05, 0) is 33.6 Å². The van der Waals surface area contributed by atoms with Crippen molar-refractivity contribution in [3.05, 3.63) is 0 Å². The average molecular weight is 243 g/mol. The Balaban J connectivity index is 2.10. The number of carbonyl (C=O) groups excluding carboxylic acids is 1. The summed E-state index contributed by atoms with van der Waals surface area (Å²) in [6.07, 6.45) is 4.29. The predicted molar refractivity (Wildman–Crippen MR) is 66.7 cm³/mol. The normalized spacial score (nSPS) is 19.3. The topological polar surface area (TPSA) is 58.6 Å². The number of carbonyl (C=O) groups is 1. The van der Waals surface area contributed by atoms with Crippen molar-refractivity contribution < 1.29 is 14.6 Å². The Morgan fingerprint density at radius 3 is 2.47 bits per heavy atom. The van der Waals surface area contributed by atoms with Crippen molar-refractivity contribution in [3.8, 4) is 0 Å². The average Bonchev–Trinajstić information content (AvgIpc) is 2.58. The third-order valence-electron chi connectivity index (χ3n) is 2.91. The van der Waals surface area contributed by atoms with E-state index in [1.807, 2.05) is 20.8 Å². The molecule has 1 rings (SSSR count). The maximum Gasteiger partial charge on any atom is 0.307 e. The molecule has 0 aromatic rings. The lowest BCUT2D eigenvalue weighted by Gasteiger charge is -2.23. The van der Waals surface area contributed by atoms with Crippen LogP contribution in [0.5, 0.6) is 0 Å². The van der Waals surface area contributed by atoms with Gasteiger partial charge in [0, 0.05) is 13.1 Å². The Morgan fingerprint density at radius 2 is 1.94 bits per heavy atom. The molecule has 0 aromatic carbocycles. The molecule has 0 radical (unpaired) electrons. The molecule has 0 amide bonds. The Morgan fingerprint density at radius 1 is 1.35 bits per heavy atom. The summed E-state index contributed by atoms with van der Waals surface area (Å²) in [6.45, 7) is 6.73. The molecule has 17 heavy (non-hydrogen) atoms. The highest BCUT2D eigenvalue weighted by Gasteiger charge is 2.30. The first-order valence-corrected chi connectivity index (χ1v) is 6.46. The van der Waals surface area contributed by atoms with Crippen molar-refractivity contribution >= 4 is 5.97 Å². The van der Waals surface area contributed by atoms with E-state index in [4.69, 9.17) is 4.74 Å². The Labute approximate surface area is 104 Å². The maximum absolute atomic E-state index is 11.4. The zero-order valence-corrected chi connectivity index (χ0v) is 11.2. The van der Waals surface area contributed by atoms with E-state index in [0.717, 1.165) is 25.7 Å². The van der Waals surface area contributed by atoms with Crippen LogP contribution in [0.2, 0.25) is 0 Å². The van der Waals surface area contributed by atoms with Crippen LogP contribution in [-0.4, -0.2) is 35.4 Å². The molecular weight excluding hydrogens is 218 g/mol. The molecule has 0 aliphatic heterocycles. The van der Waals surface area contributed by atoms with E-state index in [0.29, 0.717) is 19.5 Å². The van der Waals surface area contributed by atoms with Crippen molar-refractivity contribution in [1.82, 2.24) is 5.32 Å². The lowest BCUT2D eigenvalue weighted by atomic mass is 10.0. The Bertz CT molecular complexity index is 252. The lowest BCUT2D eigenvalue weighted by Crippen LogP contribution is -2.39. The Hall–Kier alpha value is -0.610. The molecule has 0 bridgehead atoms. The molecule has 2 N–H and O–H groups in total. The van der Waals surface area contributed by atoms with E-state index in [1.54, 1.807) is 0 Å². The second-order valence-corrected chi connectivity index (χ2v) is 5.94. The smallest absolute Gasteiger partial charge is 0.307 e. The molecule has 1 saturated carbocycles. The van der Waals surface area contributed by atoms with Crippen molar-refractivity contribution in [2.75, 3.05) is 13.1 Å². The standard InChI is InChI=1S/C13H25NO3/c1-12(2,3)17-11(15)6-9-14-10-13(16)7-4-5-8-13/h14,16H,4-10H2,1-3H3. The van der Waals surface area contributed by atoms with Gasteiger partial charge in [-0.25, -0.2) is 0 Å². The quantitative estimate of drug-likeness (QED) is 0.569. The van der Waals surface area contributed by atoms with Crippen molar-refractivity contribution in [1.29, 1.82) is 0 Å². The van der Waals surface area contributed by atoms with Gasteiger partial charge in [-0.3, -0.25) is 4.79 Å². The van der Waals surface area contributed by atoms with Crippen LogP contribution < -0.4 is 5.32 Å². The summed E-state index contributed by atoms with van der Waals surface area (Å²) in [7, 11) is 0. The number of rotatable bonds is 5. The predicted octanol–water partition coefficient (Wildman–Crippen LogP) is 1.61. The molecule has 1 fully saturated rings. The van der Waals surface area contributed by atoms with Crippen LogP contribution in [0.25, 0.3) is 0 Å². The van der Waals surface area contributed by atoms with Crippen molar-refractivity contribution in [2.45, 2.75) is 64.1 Å². The highest BCUT2D eigenvalue weighted by Crippen LogP contribution is 2.28. The van der Waals surface area contributed by atoms with Gasteiger partial charge in [0.2, 0.25) is 0 Å². The van der Waals surface area contributed by atoms with E-state index in [1.165, 1.54) is 0 Å². The van der Waals surface area contributed by atoms with Crippen LogP contribution in [0.1, 0.15) is 52.9 Å². The summed E-state index contributed by atoms with van der Waals surface area (Å²) in [4.78, 5) is 11.4. The molecule has 100 valence electrons. The van der Waals surface area contributed by atoms with Crippen LogP contribution >= 0.6 is 0 Å². The summed E-state index contributed by atoms with van der Waals surface area (Å²) < 4.78 is 5.19. The number of nitrogens with one attached hydrogen (secondary N) is 1. The monoisotopic (exact) mass is 243 g/mol. The molecule has 0 saturated heterocycles. The Kier molecular flexibility index (Phi) is 4.95. The van der Waals surface area contributed by atoms with Gasteiger partial charge in [0.1, 0.15) is 5.60 Å². The van der Waals surface area contributed by atoms with Crippen LogP contribution in [0.15, 0.2) is 0 Å². The zero-order chi connectivity index (χ0) is 12.9. The van der Waals surface area contributed by atoms with E-state index in [-0.39, 0.29) is 5.97 Å². The minimum atomic E-state index is -0.548. The van der Waals surface area contributed by atoms with Crippen molar-refractivity contribution in [2.24, 2.45) is 0 Å². The maximum atomic E-state index is 11.4. The van der Waals surface area contributed by atoms with E-state index in [2.05, 4.69) is 5.32 Å². The van der Waals surface area contributed by atoms with Gasteiger partial charge in [0.15, 0.2) is 0 Å². The second kappa shape index (κ2) is 5.83. The number of hydrogen-bond acceptors (Lipinski definition) is 4. The SMILES string of the molecule is CC(C)(C)OC(=O)CCNCC1(O)CCCC1. The number of hydrogen-bond donors (Lipinski definition) is 2. The molecule has 0 heterocycles. The minimum Gasteiger partial charge on any atom is -0.460 e. The second-order valence-electron chi connectivity index (χ2n) is 5.94. The molecule has 4 nitrogen and oxygen atoms in total. The summed E-state index contributed by atoms with van der Waals surface area (Å²) in [6, 6.07) is 0. The van der Waals surface area contributed by atoms with Crippen LogP contribution in [0.4, 0.5) is 0 Å². The van der Waals surface area contributed by atoms with Crippen LogP contribution in [-0.2, 0) is 9.53 Å². The molecule has 1 aliphatic rings. The zero-order valence-electron chi connectivity index (χ0n) is 11.2. The molecule has 0 aromatic heterocycles. The summed E-state index contributed by atoms with van der Waals surface area (Å²) in [5.41, 5.74) is -0.964. The molecule has 0 unspecified atom stereocenters. The number of aliphatic hydroxyl groups is 1. The van der Waals surface area contributed by atoms with Gasteiger partial charge in [0.05, 0.1) is 12.0 Å². The first kappa shape index (κ1) is 14.5. The largest absolute Gasteiger partial charge is 0.460 e. The molecule has 1 aliphatic carbocycles. The van der Waals surface area contributed by atoms with Gasteiger partial charge in [-0.2, -0.15) is 0 Å². The molecular formula is C13H25NO3. The fourth-order valence-electron chi connectivity index (χ4n) is 2.11. The van der Waals surface area contributed by atoms with Crippen LogP contribution in [0.3, 0.4) is 0 Å². The van der Waals surface area contributed by atoms with E-state index in [9.17, 15) is 9.90 Å². The first-order chi connectivity index (χ1) is 7.81. The highest BCUT2D eigenvalue weighted by atomic mass is 16.6. The summed E-state index contributed by atoms with van der Waals surface area (Å²) >= 11 is 0. The van der Waals surface area contributed by atoms with Gasteiger partial charge in [0.25, 0.3) is 0 Å². The summed E-state index contributed by atoms with van der Waals surface area (Å²) in [5, 5.41) is 13.2. The highest BCUT2D eigenvalue weighted by molar-refractivity contribution is 5.70. The van der Waals surface area contributed by atoms with Gasteiger partial charge in [-0.1, -0.05) is 12.8 Å². The van der Waals surface area contributed by atoms with Crippen molar-refractivity contribution in [3.63, 3.8) is 0 Å². The number of esters is 1. The minimum absolute atomic E-state index is 0.191. The van der Waals surface area contributed by atoms with E-state index < -0.39 is 11.2 Å². The fraction of sp³-hybridized carbons (Fsp3) is 0.923. The van der Waals surface area contributed by atoms with Crippen LogP contribution in [0, 0.1) is 0 Å². The van der Waals surface area contributed by atoms with Gasteiger partial charge >= 0.3 is 5.97 Å².